The molecule has 0 radical (unpaired) electrons. The van der Waals surface area contributed by atoms with Crippen molar-refractivity contribution in [3.63, 3.8) is 0 Å². The van der Waals surface area contributed by atoms with Gasteiger partial charge in [0.1, 0.15) is 24.2 Å². The van der Waals surface area contributed by atoms with Crippen LogP contribution in [0.15, 0.2) is 71.6 Å². The van der Waals surface area contributed by atoms with Crippen LogP contribution in [0.1, 0.15) is 25.8 Å². The van der Waals surface area contributed by atoms with Gasteiger partial charge in [-0.25, -0.2) is 12.8 Å². The zero-order valence-corrected chi connectivity index (χ0v) is 24.6. The number of benzene rings is 3. The Bertz CT molecular complexity index is 1420. The Morgan fingerprint density at radius 3 is 2.10 bits per heavy atom. The summed E-state index contributed by atoms with van der Waals surface area (Å²) in [7, 11) is -2.87. The Hall–Kier alpha value is -3.34. The maximum Gasteiger partial charge on any atom is 0.264 e. The maximum atomic E-state index is 14.0. The fraction of sp³-hybridized carbons (Fsp3) is 0.286. The zero-order valence-electron chi connectivity index (χ0n) is 22.2. The van der Waals surface area contributed by atoms with E-state index in [1.807, 2.05) is 0 Å². The van der Waals surface area contributed by atoms with E-state index in [1.54, 1.807) is 32.0 Å². The summed E-state index contributed by atoms with van der Waals surface area (Å²) in [6.45, 7) is 2.99. The average Bonchev–Trinajstić information content (AvgIpc) is 2.93. The van der Waals surface area contributed by atoms with Crippen molar-refractivity contribution in [1.29, 1.82) is 0 Å². The number of nitrogens with zero attached hydrogens (tertiary/aromatic N) is 2. The van der Waals surface area contributed by atoms with Crippen molar-refractivity contribution in [3.05, 3.63) is 88.2 Å². The highest BCUT2D eigenvalue weighted by Gasteiger charge is 2.34. The molecule has 214 valence electrons. The monoisotopic (exact) mass is 609 g/mol. The highest BCUT2D eigenvalue weighted by molar-refractivity contribution is 7.92. The number of amides is 2. The minimum Gasteiger partial charge on any atom is -0.497 e. The molecule has 0 saturated heterocycles. The van der Waals surface area contributed by atoms with Gasteiger partial charge in [0.15, 0.2) is 0 Å². The lowest BCUT2D eigenvalue weighted by Crippen LogP contribution is -2.52. The molecule has 0 fully saturated rings. The fourth-order valence-corrected chi connectivity index (χ4v) is 6.01. The molecule has 0 saturated carbocycles. The van der Waals surface area contributed by atoms with Gasteiger partial charge in [0.25, 0.3) is 10.0 Å². The van der Waals surface area contributed by atoms with E-state index in [1.165, 1.54) is 48.4 Å². The molecular weight excluding hydrogens is 580 g/mol. The van der Waals surface area contributed by atoms with Crippen LogP contribution in [0.25, 0.3) is 0 Å². The van der Waals surface area contributed by atoms with E-state index in [0.717, 1.165) is 16.4 Å². The predicted molar refractivity (Wildman–Crippen MR) is 154 cm³/mol. The molecule has 3 aromatic rings. The molecule has 0 aliphatic carbocycles. The number of hydrogen-bond donors (Lipinski definition) is 1. The largest absolute Gasteiger partial charge is 0.497 e. The number of ether oxygens (including phenoxy) is 1. The van der Waals surface area contributed by atoms with Crippen LogP contribution in [0.5, 0.6) is 5.75 Å². The van der Waals surface area contributed by atoms with Crippen molar-refractivity contribution >= 4 is 50.7 Å². The number of nitrogens with one attached hydrogen (secondary N) is 1. The van der Waals surface area contributed by atoms with E-state index in [9.17, 15) is 22.4 Å². The number of rotatable bonds is 12. The van der Waals surface area contributed by atoms with Gasteiger partial charge in [-0.2, -0.15) is 0 Å². The van der Waals surface area contributed by atoms with Crippen molar-refractivity contribution in [2.75, 3.05) is 24.5 Å². The third-order valence-electron chi connectivity index (χ3n) is 6.17. The first-order valence-corrected chi connectivity index (χ1v) is 14.7. The molecule has 0 aliphatic heterocycles. The first kappa shape index (κ1) is 31.2. The molecule has 12 heteroatoms. The highest BCUT2D eigenvalue weighted by Crippen LogP contribution is 2.29. The first-order valence-electron chi connectivity index (χ1n) is 12.5. The second kappa shape index (κ2) is 13.8. The second-order valence-electron chi connectivity index (χ2n) is 8.70. The van der Waals surface area contributed by atoms with E-state index in [0.29, 0.717) is 17.9 Å². The third-order valence-corrected chi connectivity index (χ3v) is 8.66. The lowest BCUT2D eigenvalue weighted by Gasteiger charge is -2.33. The molecule has 3 rings (SSSR count). The summed E-state index contributed by atoms with van der Waals surface area (Å²) in [5.41, 5.74) is 0.473. The van der Waals surface area contributed by atoms with Crippen molar-refractivity contribution in [2.45, 2.75) is 37.8 Å². The smallest absolute Gasteiger partial charge is 0.264 e. The van der Waals surface area contributed by atoms with E-state index >= 15 is 0 Å². The SMILES string of the molecule is CCNC(=O)C(CC)N(Cc1c(Cl)cccc1Cl)C(=O)CN(c1ccc(F)cc1)S(=O)(=O)c1ccc(OC)cc1. The maximum absolute atomic E-state index is 14.0. The number of halogens is 3. The minimum atomic E-state index is -4.32. The van der Waals surface area contributed by atoms with E-state index in [-0.39, 0.29) is 33.6 Å². The van der Waals surface area contributed by atoms with Crippen LogP contribution >= 0.6 is 23.2 Å². The van der Waals surface area contributed by atoms with Gasteiger partial charge < -0.3 is 15.0 Å². The van der Waals surface area contributed by atoms with Gasteiger partial charge >= 0.3 is 0 Å². The summed E-state index contributed by atoms with van der Waals surface area (Å²) in [5, 5.41) is 3.30. The average molecular weight is 611 g/mol. The summed E-state index contributed by atoms with van der Waals surface area (Å²) < 4.78 is 47.4. The van der Waals surface area contributed by atoms with Crippen molar-refractivity contribution < 1.29 is 27.1 Å². The number of methoxy groups -OCH3 is 1. The number of sulfonamides is 1. The van der Waals surface area contributed by atoms with Crippen LogP contribution in [0, 0.1) is 5.82 Å². The van der Waals surface area contributed by atoms with Crippen molar-refractivity contribution in [2.24, 2.45) is 0 Å². The Kier molecular flexibility index (Phi) is 10.8. The normalized spacial score (nSPS) is 11.9. The minimum absolute atomic E-state index is 0.0624. The number of carbonyl (C=O) groups excluding carboxylic acids is 2. The van der Waals surface area contributed by atoms with E-state index < -0.39 is 40.2 Å². The number of hydrogen-bond acceptors (Lipinski definition) is 5. The third kappa shape index (κ3) is 7.24. The van der Waals surface area contributed by atoms with Gasteiger partial charge in [-0.05, 0) is 74.0 Å². The van der Waals surface area contributed by atoms with Crippen molar-refractivity contribution in [3.8, 4) is 5.75 Å². The molecule has 0 spiro atoms. The zero-order chi connectivity index (χ0) is 29.4. The Morgan fingerprint density at radius 2 is 1.57 bits per heavy atom. The van der Waals surface area contributed by atoms with Crippen LogP contribution in [0.4, 0.5) is 10.1 Å². The molecule has 40 heavy (non-hydrogen) atoms. The quantitative estimate of drug-likeness (QED) is 0.301. The molecular formula is C28H30Cl2FN3O5S. The lowest BCUT2D eigenvalue weighted by molar-refractivity contribution is -0.140. The molecule has 0 aromatic heterocycles. The van der Waals surface area contributed by atoms with Gasteiger partial charge in [0.05, 0.1) is 17.7 Å². The molecule has 1 N–H and O–H groups in total. The summed E-state index contributed by atoms with van der Waals surface area (Å²) in [6, 6.07) is 14.3. The Morgan fingerprint density at radius 1 is 0.975 bits per heavy atom. The van der Waals surface area contributed by atoms with Gasteiger partial charge in [0, 0.05) is 28.7 Å². The summed E-state index contributed by atoms with van der Waals surface area (Å²) in [4.78, 5) is 28.1. The van der Waals surface area contributed by atoms with Gasteiger partial charge in [0.2, 0.25) is 11.8 Å². The van der Waals surface area contributed by atoms with Gasteiger partial charge in [-0.15, -0.1) is 0 Å². The van der Waals surface area contributed by atoms with E-state index in [4.69, 9.17) is 27.9 Å². The topological polar surface area (TPSA) is 96.0 Å². The fourth-order valence-electron chi connectivity index (χ4n) is 4.08. The Labute approximate surface area is 243 Å². The molecule has 3 aromatic carbocycles. The Balaban J connectivity index is 2.09. The number of likely N-dealkylation sites (N-methyl/N-ethyl adjacent to an activating group) is 1. The molecule has 8 nitrogen and oxygen atoms in total. The van der Waals surface area contributed by atoms with Crippen molar-refractivity contribution in [1.82, 2.24) is 10.2 Å². The molecule has 0 bridgehead atoms. The molecule has 1 atom stereocenters. The second-order valence-corrected chi connectivity index (χ2v) is 11.4. The number of anilines is 1. The van der Waals surface area contributed by atoms with Gasteiger partial charge in [-0.3, -0.25) is 13.9 Å². The van der Waals surface area contributed by atoms with Crippen LogP contribution in [0.2, 0.25) is 10.0 Å². The molecule has 1 unspecified atom stereocenters. The summed E-state index contributed by atoms with van der Waals surface area (Å²) >= 11 is 12.8. The van der Waals surface area contributed by atoms with Crippen LogP contribution in [-0.4, -0.2) is 51.4 Å². The van der Waals surface area contributed by atoms with Crippen LogP contribution in [0.3, 0.4) is 0 Å². The molecule has 2 amide bonds. The lowest BCUT2D eigenvalue weighted by atomic mass is 10.1. The first-order chi connectivity index (χ1) is 19.0. The van der Waals surface area contributed by atoms with Gasteiger partial charge in [-0.1, -0.05) is 36.2 Å². The van der Waals surface area contributed by atoms with Crippen LogP contribution < -0.4 is 14.4 Å². The standard InChI is InChI=1S/C28H30Cl2FN3O5S/c1-4-26(28(36)32-5-2)33(17-23-24(29)7-6-8-25(23)30)27(35)18-34(20-11-9-19(31)10-12-20)40(37,38)22-15-13-21(39-3)14-16-22/h6-16,26H,4-5,17-18H2,1-3H3,(H,32,36). The molecule has 0 heterocycles. The summed E-state index contributed by atoms with van der Waals surface area (Å²) in [5.74, 6) is -1.23. The number of carbonyl (C=O) groups is 2. The molecule has 0 aliphatic rings. The summed E-state index contributed by atoms with van der Waals surface area (Å²) in [6.07, 6.45) is 0.238. The predicted octanol–water partition coefficient (Wildman–Crippen LogP) is 5.28. The van der Waals surface area contributed by atoms with E-state index in [2.05, 4.69) is 5.32 Å². The van der Waals surface area contributed by atoms with Crippen LogP contribution in [-0.2, 0) is 26.2 Å². The highest BCUT2D eigenvalue weighted by atomic mass is 35.5.